The van der Waals surface area contributed by atoms with Crippen LogP contribution in [0.1, 0.15) is 24.8 Å². The van der Waals surface area contributed by atoms with E-state index in [0.29, 0.717) is 5.02 Å². The van der Waals surface area contributed by atoms with Gasteiger partial charge >= 0.3 is 0 Å². The van der Waals surface area contributed by atoms with Crippen LogP contribution in [-0.2, 0) is 20.2 Å². The summed E-state index contributed by atoms with van der Waals surface area (Å²) in [5, 5.41) is 1.88. The molecule has 1 heterocycles. The second kappa shape index (κ2) is 5.39. The zero-order chi connectivity index (χ0) is 16.0. The third-order valence-corrected chi connectivity index (χ3v) is 6.24. The highest BCUT2D eigenvalue weighted by Crippen LogP contribution is 2.51. The van der Waals surface area contributed by atoms with E-state index < -0.39 is 9.84 Å². The molecular weight excluding hydrogens is 322 g/mol. The number of hydrogen-bond donors (Lipinski definition) is 0. The summed E-state index contributed by atoms with van der Waals surface area (Å²) in [5.41, 5.74) is 0.772. The van der Waals surface area contributed by atoms with Crippen molar-refractivity contribution in [3.8, 4) is 0 Å². The van der Waals surface area contributed by atoms with Gasteiger partial charge in [-0.3, -0.25) is 4.79 Å². The molecular formula is C16H18ClNO3S. The van der Waals surface area contributed by atoms with Crippen molar-refractivity contribution in [2.45, 2.75) is 24.8 Å². The van der Waals surface area contributed by atoms with Crippen LogP contribution in [0.5, 0.6) is 0 Å². The average molecular weight is 340 g/mol. The first-order valence-corrected chi connectivity index (χ1v) is 9.35. The van der Waals surface area contributed by atoms with Crippen molar-refractivity contribution in [2.24, 2.45) is 5.92 Å². The minimum absolute atomic E-state index is 0.0239. The first-order valence-electron chi connectivity index (χ1n) is 7.26. The number of carbonyl (C=O) groups excluding carboxylic acids is 1. The van der Waals surface area contributed by atoms with Gasteiger partial charge < -0.3 is 4.90 Å². The molecule has 1 aliphatic heterocycles. The highest BCUT2D eigenvalue weighted by Gasteiger charge is 2.50. The monoisotopic (exact) mass is 339 g/mol. The van der Waals surface area contributed by atoms with Crippen molar-refractivity contribution >= 4 is 27.3 Å². The Hall–Kier alpha value is -1.33. The van der Waals surface area contributed by atoms with Crippen LogP contribution in [0.3, 0.4) is 0 Å². The van der Waals surface area contributed by atoms with Gasteiger partial charge in [-0.05, 0) is 30.5 Å². The van der Waals surface area contributed by atoms with Crippen molar-refractivity contribution in [1.82, 2.24) is 4.90 Å². The number of benzene rings is 1. The van der Waals surface area contributed by atoms with Crippen LogP contribution in [0.25, 0.3) is 0 Å². The van der Waals surface area contributed by atoms with Gasteiger partial charge in [-0.25, -0.2) is 8.42 Å². The third kappa shape index (κ3) is 2.92. The summed E-state index contributed by atoms with van der Waals surface area (Å²) in [5.74, 6) is -0.198. The maximum atomic E-state index is 12.5. The molecule has 1 amide bonds. The number of hydrogen-bond acceptors (Lipinski definition) is 3. The molecule has 22 heavy (non-hydrogen) atoms. The first-order chi connectivity index (χ1) is 10.3. The maximum absolute atomic E-state index is 12.5. The lowest BCUT2D eigenvalue weighted by atomic mass is 10.0. The Bertz CT molecular complexity index is 738. The number of carbonyl (C=O) groups is 1. The summed E-state index contributed by atoms with van der Waals surface area (Å²) >= 11 is 6.05. The van der Waals surface area contributed by atoms with Crippen molar-refractivity contribution in [3.05, 3.63) is 46.3 Å². The van der Waals surface area contributed by atoms with Crippen LogP contribution < -0.4 is 0 Å². The first kappa shape index (κ1) is 15.6. The standard InChI is InChI=1S/C16H18ClNO3S/c1-18(15(19)9-12-5-8-22(20,21)11-12)16(6-7-16)13-3-2-4-14(17)10-13/h2-5,8,10,12H,6-7,9,11H2,1H3. The Labute approximate surface area is 135 Å². The largest absolute Gasteiger partial charge is 0.336 e. The lowest BCUT2D eigenvalue weighted by Crippen LogP contribution is -2.38. The van der Waals surface area contributed by atoms with E-state index in [2.05, 4.69) is 0 Å². The zero-order valence-corrected chi connectivity index (χ0v) is 13.9. The summed E-state index contributed by atoms with van der Waals surface area (Å²) in [6.07, 6.45) is 3.68. The Kier molecular flexibility index (Phi) is 3.81. The Morgan fingerprint density at radius 2 is 2.14 bits per heavy atom. The minimum Gasteiger partial charge on any atom is -0.336 e. The van der Waals surface area contributed by atoms with E-state index in [4.69, 9.17) is 11.6 Å². The number of halogens is 1. The van der Waals surface area contributed by atoms with Crippen LogP contribution >= 0.6 is 11.6 Å². The van der Waals surface area contributed by atoms with Crippen molar-refractivity contribution < 1.29 is 13.2 Å². The van der Waals surface area contributed by atoms with Gasteiger partial charge in [0.05, 0.1) is 11.3 Å². The van der Waals surface area contributed by atoms with E-state index in [0.717, 1.165) is 18.4 Å². The molecule has 0 aromatic heterocycles. The number of amides is 1. The molecule has 1 unspecified atom stereocenters. The number of allylic oxidation sites excluding steroid dienone is 1. The molecule has 3 rings (SSSR count). The fraction of sp³-hybridized carbons (Fsp3) is 0.438. The SMILES string of the molecule is CN(C(=O)CC1C=CS(=O)(=O)C1)C1(c2cccc(Cl)c2)CC1. The fourth-order valence-electron chi connectivity index (χ4n) is 3.08. The van der Waals surface area contributed by atoms with E-state index in [1.165, 1.54) is 5.41 Å². The molecule has 0 bridgehead atoms. The molecule has 1 aliphatic carbocycles. The van der Waals surface area contributed by atoms with Gasteiger partial charge in [-0.15, -0.1) is 0 Å². The van der Waals surface area contributed by atoms with Crippen LogP contribution in [0, 0.1) is 5.92 Å². The van der Waals surface area contributed by atoms with Gasteiger partial charge in [0.1, 0.15) is 0 Å². The maximum Gasteiger partial charge on any atom is 0.223 e. The second-order valence-corrected chi connectivity index (χ2v) is 8.48. The zero-order valence-electron chi connectivity index (χ0n) is 12.3. The Balaban J connectivity index is 1.72. The van der Waals surface area contributed by atoms with Crippen LogP contribution in [0.4, 0.5) is 0 Å². The molecule has 4 nitrogen and oxygen atoms in total. The molecule has 0 spiro atoms. The highest BCUT2D eigenvalue weighted by atomic mass is 35.5. The van der Waals surface area contributed by atoms with Crippen molar-refractivity contribution in [3.63, 3.8) is 0 Å². The minimum atomic E-state index is -3.11. The summed E-state index contributed by atoms with van der Waals surface area (Å²) in [6, 6.07) is 7.60. The molecule has 1 aromatic carbocycles. The summed E-state index contributed by atoms with van der Waals surface area (Å²) < 4.78 is 22.9. The van der Waals surface area contributed by atoms with E-state index in [1.54, 1.807) is 18.0 Å². The predicted octanol–water partition coefficient (Wildman–Crippen LogP) is 2.74. The summed E-state index contributed by atoms with van der Waals surface area (Å²) in [6.45, 7) is 0. The van der Waals surface area contributed by atoms with Gasteiger partial charge in [0.2, 0.25) is 5.91 Å². The van der Waals surface area contributed by atoms with Crippen molar-refractivity contribution in [2.75, 3.05) is 12.8 Å². The van der Waals surface area contributed by atoms with Gasteiger partial charge in [-0.1, -0.05) is 29.8 Å². The van der Waals surface area contributed by atoms with Crippen LogP contribution in [-0.4, -0.2) is 32.0 Å². The summed E-state index contributed by atoms with van der Waals surface area (Å²) in [4.78, 5) is 14.3. The van der Waals surface area contributed by atoms with E-state index in [9.17, 15) is 13.2 Å². The predicted molar refractivity (Wildman–Crippen MR) is 86.2 cm³/mol. The fourth-order valence-corrected chi connectivity index (χ4v) is 4.67. The smallest absolute Gasteiger partial charge is 0.223 e. The molecule has 0 saturated heterocycles. The molecule has 1 saturated carbocycles. The normalized spacial score (nSPS) is 24.2. The topological polar surface area (TPSA) is 54.5 Å². The van der Waals surface area contributed by atoms with Crippen molar-refractivity contribution in [1.29, 1.82) is 0 Å². The molecule has 1 fully saturated rings. The number of nitrogens with zero attached hydrogens (tertiary/aromatic N) is 1. The average Bonchev–Trinajstić information content (AvgIpc) is 3.19. The number of sulfone groups is 1. The Morgan fingerprint density at radius 3 is 2.68 bits per heavy atom. The van der Waals surface area contributed by atoms with Gasteiger partial charge in [0.25, 0.3) is 0 Å². The quantitative estimate of drug-likeness (QED) is 0.847. The lowest BCUT2D eigenvalue weighted by molar-refractivity contribution is -0.133. The Morgan fingerprint density at radius 1 is 1.41 bits per heavy atom. The molecule has 6 heteroatoms. The van der Waals surface area contributed by atoms with Gasteiger partial charge in [-0.2, -0.15) is 0 Å². The van der Waals surface area contributed by atoms with E-state index in [-0.39, 0.29) is 29.5 Å². The molecule has 1 atom stereocenters. The summed E-state index contributed by atoms with van der Waals surface area (Å²) in [7, 11) is -1.32. The number of rotatable bonds is 4. The second-order valence-electron chi connectivity index (χ2n) is 6.12. The lowest BCUT2D eigenvalue weighted by Gasteiger charge is -2.29. The third-order valence-electron chi connectivity index (χ3n) is 4.54. The van der Waals surface area contributed by atoms with Gasteiger partial charge in [0.15, 0.2) is 9.84 Å². The molecule has 1 aromatic rings. The van der Waals surface area contributed by atoms with Crippen LogP contribution in [0.2, 0.25) is 5.02 Å². The van der Waals surface area contributed by atoms with E-state index in [1.807, 2.05) is 24.3 Å². The van der Waals surface area contributed by atoms with Crippen LogP contribution in [0.15, 0.2) is 35.7 Å². The molecule has 0 N–H and O–H groups in total. The molecule has 0 radical (unpaired) electrons. The van der Waals surface area contributed by atoms with E-state index >= 15 is 0 Å². The van der Waals surface area contributed by atoms with Gasteiger partial charge in [0, 0.05) is 29.8 Å². The molecule has 118 valence electrons. The highest BCUT2D eigenvalue weighted by molar-refractivity contribution is 7.94. The molecule has 2 aliphatic rings.